The summed E-state index contributed by atoms with van der Waals surface area (Å²) in [5.74, 6) is 0.0928. The maximum Gasteiger partial charge on any atom is 0.319 e. The molecule has 0 radical (unpaired) electrons. The van der Waals surface area contributed by atoms with Gasteiger partial charge in [0.05, 0.1) is 18.4 Å². The molecule has 1 atom stereocenters. The third kappa shape index (κ3) is 3.10. The smallest absolute Gasteiger partial charge is 0.319 e. The topological polar surface area (TPSA) is 83.0 Å². The molecule has 114 valence electrons. The van der Waals surface area contributed by atoms with Crippen molar-refractivity contribution in [1.29, 1.82) is 0 Å². The van der Waals surface area contributed by atoms with Gasteiger partial charge in [-0.2, -0.15) is 5.10 Å². The van der Waals surface area contributed by atoms with E-state index in [1.54, 1.807) is 6.92 Å². The lowest BCUT2D eigenvalue weighted by Crippen LogP contribution is -2.14. The Balaban J connectivity index is 2.24. The Labute approximate surface area is 127 Å². The largest absolute Gasteiger partial charge is 0.468 e. The predicted octanol–water partition coefficient (Wildman–Crippen LogP) is 2.22. The van der Waals surface area contributed by atoms with E-state index in [9.17, 15) is 4.79 Å². The van der Waals surface area contributed by atoms with Gasteiger partial charge in [0.25, 0.3) is 11.1 Å². The lowest BCUT2D eigenvalue weighted by Gasteiger charge is -2.04. The van der Waals surface area contributed by atoms with E-state index in [0.29, 0.717) is 11.1 Å². The van der Waals surface area contributed by atoms with Crippen molar-refractivity contribution in [1.82, 2.24) is 20.0 Å². The van der Waals surface area contributed by atoms with E-state index < -0.39 is 5.25 Å². The van der Waals surface area contributed by atoms with Crippen LogP contribution in [0.5, 0.6) is 0 Å². The molecule has 2 heterocycles. The molecule has 0 aliphatic carbocycles. The number of thioether (sulfide) groups is 1. The van der Waals surface area contributed by atoms with Crippen LogP contribution >= 0.6 is 11.8 Å². The third-order valence-corrected chi connectivity index (χ3v) is 4.02. The van der Waals surface area contributed by atoms with Crippen molar-refractivity contribution in [3.8, 4) is 11.5 Å². The van der Waals surface area contributed by atoms with Crippen LogP contribution in [0.2, 0.25) is 0 Å². The zero-order valence-corrected chi connectivity index (χ0v) is 13.5. The quantitative estimate of drug-likeness (QED) is 0.618. The number of esters is 1. The van der Waals surface area contributed by atoms with Crippen LogP contribution in [0.15, 0.2) is 9.64 Å². The SMILES string of the molecule is CCn1nc(C)c(-c2nnc(SC(C)C(=O)OC)o2)c1C. The molecule has 1 unspecified atom stereocenters. The number of hydrogen-bond donors (Lipinski definition) is 0. The molecular weight excluding hydrogens is 292 g/mol. The minimum absolute atomic E-state index is 0.328. The zero-order valence-electron chi connectivity index (χ0n) is 12.7. The van der Waals surface area contributed by atoms with Gasteiger partial charge < -0.3 is 9.15 Å². The van der Waals surface area contributed by atoms with Crippen molar-refractivity contribution in [2.75, 3.05) is 7.11 Å². The van der Waals surface area contributed by atoms with Gasteiger partial charge in [0.1, 0.15) is 5.25 Å². The molecule has 0 saturated carbocycles. The maximum absolute atomic E-state index is 11.4. The molecule has 0 spiro atoms. The lowest BCUT2D eigenvalue weighted by molar-refractivity contribution is -0.139. The first-order valence-corrected chi connectivity index (χ1v) is 7.48. The second kappa shape index (κ2) is 6.30. The molecule has 21 heavy (non-hydrogen) atoms. The number of carbonyl (C=O) groups excluding carboxylic acids is 1. The number of methoxy groups -OCH3 is 1. The van der Waals surface area contributed by atoms with E-state index in [-0.39, 0.29) is 5.97 Å². The molecule has 0 aliphatic rings. The van der Waals surface area contributed by atoms with E-state index in [1.165, 1.54) is 18.9 Å². The Kier molecular flexibility index (Phi) is 4.66. The summed E-state index contributed by atoms with van der Waals surface area (Å²) in [6, 6.07) is 0. The fourth-order valence-electron chi connectivity index (χ4n) is 2.04. The van der Waals surface area contributed by atoms with Crippen LogP contribution < -0.4 is 0 Å². The highest BCUT2D eigenvalue weighted by Gasteiger charge is 2.22. The minimum Gasteiger partial charge on any atom is -0.468 e. The first-order valence-electron chi connectivity index (χ1n) is 6.60. The standard InChI is InChI=1S/C13H18N4O3S/c1-6-17-8(3)10(7(2)16-17)11-14-15-13(20-11)21-9(4)12(18)19-5/h9H,6H2,1-5H3. The highest BCUT2D eigenvalue weighted by atomic mass is 32.2. The Hall–Kier alpha value is -1.83. The van der Waals surface area contributed by atoms with Gasteiger partial charge in [-0.3, -0.25) is 9.48 Å². The second-order valence-corrected chi connectivity index (χ2v) is 5.81. The van der Waals surface area contributed by atoms with Gasteiger partial charge in [-0.05, 0) is 27.7 Å². The monoisotopic (exact) mass is 310 g/mol. The van der Waals surface area contributed by atoms with Crippen molar-refractivity contribution < 1.29 is 13.9 Å². The van der Waals surface area contributed by atoms with Crippen LogP contribution in [0.1, 0.15) is 25.2 Å². The Morgan fingerprint density at radius 3 is 2.71 bits per heavy atom. The normalized spacial score (nSPS) is 12.4. The lowest BCUT2D eigenvalue weighted by atomic mass is 10.2. The molecule has 0 amide bonds. The van der Waals surface area contributed by atoms with E-state index in [4.69, 9.17) is 4.42 Å². The summed E-state index contributed by atoms with van der Waals surface area (Å²) < 4.78 is 12.2. The predicted molar refractivity (Wildman–Crippen MR) is 78.0 cm³/mol. The Morgan fingerprint density at radius 1 is 1.43 bits per heavy atom. The molecule has 2 rings (SSSR count). The molecule has 2 aromatic heterocycles. The van der Waals surface area contributed by atoms with Gasteiger partial charge in [0.15, 0.2) is 0 Å². The zero-order chi connectivity index (χ0) is 15.6. The first-order chi connectivity index (χ1) is 9.97. The summed E-state index contributed by atoms with van der Waals surface area (Å²) in [7, 11) is 1.35. The molecule has 2 aromatic rings. The van der Waals surface area contributed by atoms with Crippen molar-refractivity contribution >= 4 is 17.7 Å². The summed E-state index contributed by atoms with van der Waals surface area (Å²) in [6.07, 6.45) is 0. The third-order valence-electron chi connectivity index (χ3n) is 3.11. The van der Waals surface area contributed by atoms with Crippen LogP contribution in [0.4, 0.5) is 0 Å². The molecule has 0 aromatic carbocycles. The van der Waals surface area contributed by atoms with Gasteiger partial charge in [0, 0.05) is 12.2 Å². The summed E-state index contributed by atoms with van der Waals surface area (Å²) in [4.78, 5) is 11.4. The average molecular weight is 310 g/mol. The number of carbonyl (C=O) groups is 1. The molecule has 0 fully saturated rings. The van der Waals surface area contributed by atoms with Crippen molar-refractivity contribution in [3.05, 3.63) is 11.4 Å². The van der Waals surface area contributed by atoms with Gasteiger partial charge in [-0.1, -0.05) is 11.8 Å². The molecule has 0 aliphatic heterocycles. The molecule has 0 saturated heterocycles. The average Bonchev–Trinajstić information content (AvgIpc) is 3.02. The highest BCUT2D eigenvalue weighted by molar-refractivity contribution is 8.00. The van der Waals surface area contributed by atoms with E-state index >= 15 is 0 Å². The van der Waals surface area contributed by atoms with Crippen molar-refractivity contribution in [2.24, 2.45) is 0 Å². The summed E-state index contributed by atoms with van der Waals surface area (Å²) >= 11 is 1.17. The van der Waals surface area contributed by atoms with E-state index in [1.807, 2.05) is 25.5 Å². The van der Waals surface area contributed by atoms with Gasteiger partial charge in [-0.15, -0.1) is 10.2 Å². The minimum atomic E-state index is -0.399. The second-order valence-electron chi connectivity index (χ2n) is 4.52. The number of hydrogen-bond acceptors (Lipinski definition) is 7. The Bertz CT molecular complexity index is 650. The number of aryl methyl sites for hydroxylation is 2. The Morgan fingerprint density at radius 2 is 2.14 bits per heavy atom. The van der Waals surface area contributed by atoms with Crippen LogP contribution in [0, 0.1) is 13.8 Å². The molecular formula is C13H18N4O3S. The maximum atomic E-state index is 11.4. The fourth-order valence-corrected chi connectivity index (χ4v) is 2.75. The van der Waals surface area contributed by atoms with Crippen LogP contribution in [0.3, 0.4) is 0 Å². The van der Waals surface area contributed by atoms with Gasteiger partial charge in [-0.25, -0.2) is 0 Å². The van der Waals surface area contributed by atoms with Crippen LogP contribution in [0.25, 0.3) is 11.5 Å². The van der Waals surface area contributed by atoms with Gasteiger partial charge >= 0.3 is 5.97 Å². The fraction of sp³-hybridized carbons (Fsp3) is 0.538. The number of nitrogens with zero attached hydrogens (tertiary/aromatic N) is 4. The van der Waals surface area contributed by atoms with E-state index in [0.717, 1.165) is 23.5 Å². The van der Waals surface area contributed by atoms with Crippen molar-refractivity contribution in [2.45, 2.75) is 44.7 Å². The summed E-state index contributed by atoms with van der Waals surface area (Å²) in [5, 5.41) is 12.4. The van der Waals surface area contributed by atoms with Crippen LogP contribution in [-0.4, -0.2) is 38.3 Å². The highest BCUT2D eigenvalue weighted by Crippen LogP contribution is 2.30. The van der Waals surface area contributed by atoms with Crippen LogP contribution in [-0.2, 0) is 16.1 Å². The number of aromatic nitrogens is 4. The molecule has 0 bridgehead atoms. The van der Waals surface area contributed by atoms with Crippen molar-refractivity contribution in [3.63, 3.8) is 0 Å². The molecule has 7 nitrogen and oxygen atoms in total. The number of rotatable bonds is 5. The van der Waals surface area contributed by atoms with Gasteiger partial charge in [0.2, 0.25) is 0 Å². The molecule has 0 N–H and O–H groups in total. The van der Waals surface area contributed by atoms with E-state index in [2.05, 4.69) is 20.0 Å². The number of ether oxygens (including phenoxy) is 1. The first kappa shape index (κ1) is 15.6. The summed E-state index contributed by atoms with van der Waals surface area (Å²) in [5.41, 5.74) is 2.67. The summed E-state index contributed by atoms with van der Waals surface area (Å²) in [6.45, 7) is 8.40. The molecule has 8 heteroatoms.